The van der Waals surface area contributed by atoms with Gasteiger partial charge >= 0.3 is 12.2 Å². The van der Waals surface area contributed by atoms with Crippen LogP contribution < -0.4 is 10.6 Å². The maximum Gasteiger partial charge on any atom is 0.408 e. The van der Waals surface area contributed by atoms with E-state index in [9.17, 15) is 14.4 Å². The molecule has 8 nitrogen and oxygen atoms in total. The van der Waals surface area contributed by atoms with E-state index in [-0.39, 0.29) is 24.5 Å². The maximum atomic E-state index is 12.6. The fourth-order valence-electron chi connectivity index (χ4n) is 3.51. The van der Waals surface area contributed by atoms with Crippen LogP contribution in [0.15, 0.2) is 30.3 Å². The minimum atomic E-state index is -0.657. The summed E-state index contributed by atoms with van der Waals surface area (Å²) < 4.78 is 10.5. The molecular formula is C23H35N3O5. The van der Waals surface area contributed by atoms with Gasteiger partial charge < -0.3 is 25.0 Å². The lowest BCUT2D eigenvalue weighted by molar-refractivity contribution is -0.134. The van der Waals surface area contributed by atoms with Crippen molar-refractivity contribution in [3.8, 4) is 0 Å². The van der Waals surface area contributed by atoms with E-state index in [0.29, 0.717) is 13.1 Å². The highest BCUT2D eigenvalue weighted by molar-refractivity contribution is 5.85. The number of hydrogen-bond donors (Lipinski definition) is 2. The number of likely N-dealkylation sites (tertiary alicyclic amines) is 1. The van der Waals surface area contributed by atoms with Gasteiger partial charge in [-0.15, -0.1) is 0 Å². The molecule has 1 aromatic carbocycles. The smallest absolute Gasteiger partial charge is 0.408 e. The van der Waals surface area contributed by atoms with Crippen LogP contribution in [-0.2, 0) is 20.9 Å². The van der Waals surface area contributed by atoms with Crippen LogP contribution in [0.3, 0.4) is 0 Å². The van der Waals surface area contributed by atoms with E-state index < -0.39 is 23.8 Å². The summed E-state index contributed by atoms with van der Waals surface area (Å²) in [5, 5.41) is 5.49. The molecule has 0 aliphatic carbocycles. The summed E-state index contributed by atoms with van der Waals surface area (Å²) in [6.45, 7) is 10.3. The highest BCUT2D eigenvalue weighted by Crippen LogP contribution is 2.21. The predicted octanol–water partition coefficient (Wildman–Crippen LogP) is 3.45. The molecule has 2 N–H and O–H groups in total. The van der Waals surface area contributed by atoms with Gasteiger partial charge in [0.15, 0.2) is 0 Å². The number of hydrogen-bond acceptors (Lipinski definition) is 5. The zero-order chi connectivity index (χ0) is 23.0. The van der Waals surface area contributed by atoms with Gasteiger partial charge in [0.1, 0.15) is 18.2 Å². The van der Waals surface area contributed by atoms with Crippen LogP contribution in [0.25, 0.3) is 0 Å². The van der Waals surface area contributed by atoms with E-state index in [1.165, 1.54) is 0 Å². The van der Waals surface area contributed by atoms with Gasteiger partial charge in [0.05, 0.1) is 0 Å². The van der Waals surface area contributed by atoms with Crippen molar-refractivity contribution in [2.45, 2.75) is 71.8 Å². The van der Waals surface area contributed by atoms with Gasteiger partial charge in [-0.2, -0.15) is 0 Å². The Balaban J connectivity index is 1.72. The maximum absolute atomic E-state index is 12.6. The van der Waals surface area contributed by atoms with Crippen molar-refractivity contribution in [1.82, 2.24) is 15.5 Å². The van der Waals surface area contributed by atoms with Crippen molar-refractivity contribution in [1.29, 1.82) is 0 Å². The Bertz CT molecular complexity index is 739. The summed E-state index contributed by atoms with van der Waals surface area (Å²) >= 11 is 0. The number of amides is 3. The summed E-state index contributed by atoms with van der Waals surface area (Å²) in [5.74, 6) is 0.120. The molecule has 8 heteroatoms. The standard InChI is InChI=1S/C23H35N3O5/c1-16(24-21(28)30-15-18-9-7-6-8-10-18)19-11-13-26(14-12-19)20(27)17(2)25-22(29)31-23(3,4)5/h6-10,16-17,19H,11-15H2,1-5H3,(H,24,28)(H,25,29)/t16?,17-/m0/s1. The molecule has 2 atom stereocenters. The molecule has 0 radical (unpaired) electrons. The third-order valence-corrected chi connectivity index (χ3v) is 5.22. The van der Waals surface area contributed by atoms with Crippen molar-refractivity contribution >= 4 is 18.1 Å². The molecule has 1 aromatic rings. The molecule has 2 rings (SSSR count). The number of nitrogens with one attached hydrogen (secondary N) is 2. The van der Waals surface area contributed by atoms with Crippen LogP contribution in [0.4, 0.5) is 9.59 Å². The second kappa shape index (κ2) is 11.0. The molecule has 172 valence electrons. The van der Waals surface area contributed by atoms with E-state index in [0.717, 1.165) is 18.4 Å². The minimum absolute atomic E-state index is 0.0576. The predicted molar refractivity (Wildman–Crippen MR) is 117 cm³/mol. The number of nitrogens with zero attached hydrogens (tertiary/aromatic N) is 1. The van der Waals surface area contributed by atoms with Gasteiger partial charge in [0.2, 0.25) is 5.91 Å². The van der Waals surface area contributed by atoms with Crippen LogP contribution in [0.2, 0.25) is 0 Å². The summed E-state index contributed by atoms with van der Waals surface area (Å²) in [6, 6.07) is 8.81. The van der Waals surface area contributed by atoms with Crippen LogP contribution in [0.1, 0.15) is 53.0 Å². The molecule has 0 saturated carbocycles. The fraction of sp³-hybridized carbons (Fsp3) is 0.609. The number of ether oxygens (including phenoxy) is 2. The quantitative estimate of drug-likeness (QED) is 0.716. The molecule has 1 aliphatic heterocycles. The molecule has 0 spiro atoms. The highest BCUT2D eigenvalue weighted by atomic mass is 16.6. The normalized spacial score (nSPS) is 16.7. The first kappa shape index (κ1) is 24.5. The van der Waals surface area contributed by atoms with Crippen molar-refractivity contribution in [3.05, 3.63) is 35.9 Å². The van der Waals surface area contributed by atoms with Gasteiger partial charge in [-0.1, -0.05) is 30.3 Å². The second-order valence-electron chi connectivity index (χ2n) is 9.03. The third kappa shape index (κ3) is 8.47. The number of benzene rings is 1. The first-order valence-electron chi connectivity index (χ1n) is 10.8. The van der Waals surface area contributed by atoms with Crippen molar-refractivity contribution in [3.63, 3.8) is 0 Å². The Labute approximate surface area is 184 Å². The Hall–Kier alpha value is -2.77. The Morgan fingerprint density at radius 1 is 1.03 bits per heavy atom. The van der Waals surface area contributed by atoms with E-state index in [4.69, 9.17) is 9.47 Å². The topological polar surface area (TPSA) is 97.0 Å². The van der Waals surface area contributed by atoms with Crippen LogP contribution in [-0.4, -0.2) is 53.8 Å². The summed E-state index contributed by atoms with van der Waals surface area (Å²) in [4.78, 5) is 38.4. The number of rotatable bonds is 6. The first-order chi connectivity index (χ1) is 14.5. The number of alkyl carbamates (subject to hydrolysis) is 2. The summed E-state index contributed by atoms with van der Waals surface area (Å²) in [6.07, 6.45) is 0.496. The fourth-order valence-corrected chi connectivity index (χ4v) is 3.51. The van der Waals surface area contributed by atoms with Crippen molar-refractivity contribution in [2.75, 3.05) is 13.1 Å². The second-order valence-corrected chi connectivity index (χ2v) is 9.03. The zero-order valence-electron chi connectivity index (χ0n) is 19.1. The molecule has 31 heavy (non-hydrogen) atoms. The zero-order valence-corrected chi connectivity index (χ0v) is 19.1. The molecule has 1 aliphatic rings. The van der Waals surface area contributed by atoms with Gasteiger partial charge in [0.25, 0.3) is 0 Å². The third-order valence-electron chi connectivity index (χ3n) is 5.22. The molecule has 1 unspecified atom stereocenters. The monoisotopic (exact) mass is 433 g/mol. The molecular weight excluding hydrogens is 398 g/mol. The van der Waals surface area contributed by atoms with Crippen LogP contribution in [0, 0.1) is 5.92 Å². The van der Waals surface area contributed by atoms with Crippen molar-refractivity contribution in [2.24, 2.45) is 5.92 Å². The Kier molecular flexibility index (Phi) is 8.71. The largest absolute Gasteiger partial charge is 0.445 e. The van der Waals surface area contributed by atoms with Gasteiger partial charge in [0, 0.05) is 19.1 Å². The lowest BCUT2D eigenvalue weighted by atomic mass is 9.90. The lowest BCUT2D eigenvalue weighted by Gasteiger charge is -2.36. The minimum Gasteiger partial charge on any atom is -0.445 e. The van der Waals surface area contributed by atoms with E-state index in [2.05, 4.69) is 10.6 Å². The number of carbonyl (C=O) groups excluding carboxylic acids is 3. The van der Waals surface area contributed by atoms with Gasteiger partial charge in [-0.3, -0.25) is 4.79 Å². The molecule has 1 saturated heterocycles. The average molecular weight is 434 g/mol. The molecule has 3 amide bonds. The van der Waals surface area contributed by atoms with E-state index in [1.807, 2.05) is 37.3 Å². The van der Waals surface area contributed by atoms with E-state index in [1.54, 1.807) is 32.6 Å². The average Bonchev–Trinajstić information content (AvgIpc) is 2.71. The SMILES string of the molecule is CC(NC(=O)OCc1ccccc1)C1CCN(C(=O)[C@H](C)NC(=O)OC(C)(C)C)CC1. The van der Waals surface area contributed by atoms with Gasteiger partial charge in [-0.25, -0.2) is 9.59 Å². The molecule has 1 fully saturated rings. The summed E-state index contributed by atoms with van der Waals surface area (Å²) in [5.41, 5.74) is 0.322. The molecule has 0 aromatic heterocycles. The lowest BCUT2D eigenvalue weighted by Crippen LogP contribution is -2.51. The summed E-state index contributed by atoms with van der Waals surface area (Å²) in [7, 11) is 0. The number of carbonyl (C=O) groups is 3. The Morgan fingerprint density at radius 3 is 2.23 bits per heavy atom. The van der Waals surface area contributed by atoms with Crippen molar-refractivity contribution < 1.29 is 23.9 Å². The molecule has 1 heterocycles. The molecule has 0 bridgehead atoms. The van der Waals surface area contributed by atoms with Gasteiger partial charge in [-0.05, 0) is 58.9 Å². The van der Waals surface area contributed by atoms with E-state index >= 15 is 0 Å². The Morgan fingerprint density at radius 2 is 1.65 bits per heavy atom. The highest BCUT2D eigenvalue weighted by Gasteiger charge is 2.30. The van der Waals surface area contributed by atoms with Crippen LogP contribution in [0.5, 0.6) is 0 Å². The van der Waals surface area contributed by atoms with Crippen LogP contribution >= 0.6 is 0 Å². The first-order valence-corrected chi connectivity index (χ1v) is 10.8. The number of piperidine rings is 1.